The fraction of sp³-hybridized carbons (Fsp3) is 0. The Morgan fingerprint density at radius 3 is 2.57 bits per heavy atom. The SMILES string of the molecule is O=C(Nc1cccc2ccccc12)c1cccc(N=Cc2cc(Cl)cc(Cl)c2O)c1. The molecule has 0 aliphatic heterocycles. The van der Waals surface area contributed by atoms with Crippen LogP contribution >= 0.6 is 23.2 Å². The highest BCUT2D eigenvalue weighted by molar-refractivity contribution is 6.36. The molecule has 0 aliphatic carbocycles. The zero-order chi connectivity index (χ0) is 21.1. The number of fused-ring (bicyclic) bond motifs is 1. The number of rotatable bonds is 4. The number of benzene rings is 4. The number of carbonyl (C=O) groups excluding carboxylic acids is 1. The first kappa shape index (κ1) is 20.0. The molecule has 0 saturated heterocycles. The van der Waals surface area contributed by atoms with Crippen LogP contribution in [-0.2, 0) is 0 Å². The van der Waals surface area contributed by atoms with Crippen molar-refractivity contribution in [2.24, 2.45) is 4.99 Å². The molecule has 2 N–H and O–H groups in total. The molecule has 0 fully saturated rings. The molecule has 4 nitrogen and oxygen atoms in total. The van der Waals surface area contributed by atoms with Crippen LogP contribution in [0.2, 0.25) is 10.0 Å². The lowest BCUT2D eigenvalue weighted by molar-refractivity contribution is 0.102. The van der Waals surface area contributed by atoms with Gasteiger partial charge in [0.25, 0.3) is 5.91 Å². The van der Waals surface area contributed by atoms with Crippen LogP contribution in [0.3, 0.4) is 0 Å². The monoisotopic (exact) mass is 434 g/mol. The minimum Gasteiger partial charge on any atom is -0.506 e. The summed E-state index contributed by atoms with van der Waals surface area (Å²) in [4.78, 5) is 17.1. The van der Waals surface area contributed by atoms with Crippen molar-refractivity contribution < 1.29 is 9.90 Å². The third kappa shape index (κ3) is 4.30. The Hall–Kier alpha value is -3.34. The lowest BCUT2D eigenvalue weighted by atomic mass is 10.1. The number of aliphatic imine (C=N–C) groups is 1. The Bertz CT molecular complexity index is 1280. The largest absolute Gasteiger partial charge is 0.506 e. The second-order valence-corrected chi connectivity index (χ2v) is 7.46. The van der Waals surface area contributed by atoms with Crippen molar-refractivity contribution in [1.29, 1.82) is 0 Å². The summed E-state index contributed by atoms with van der Waals surface area (Å²) >= 11 is 11.9. The second kappa shape index (κ2) is 8.57. The lowest BCUT2D eigenvalue weighted by Crippen LogP contribution is -2.11. The first-order chi connectivity index (χ1) is 14.5. The molecular weight excluding hydrogens is 419 g/mol. The van der Waals surface area contributed by atoms with Crippen molar-refractivity contribution in [2.45, 2.75) is 0 Å². The van der Waals surface area contributed by atoms with Crippen LogP contribution in [0.4, 0.5) is 11.4 Å². The number of hydrogen-bond donors (Lipinski definition) is 2. The van der Waals surface area contributed by atoms with Gasteiger partial charge in [-0.05, 0) is 41.8 Å². The van der Waals surface area contributed by atoms with E-state index < -0.39 is 0 Å². The van der Waals surface area contributed by atoms with Crippen LogP contribution in [-0.4, -0.2) is 17.2 Å². The molecule has 30 heavy (non-hydrogen) atoms. The van der Waals surface area contributed by atoms with Crippen molar-refractivity contribution >= 4 is 57.5 Å². The molecule has 0 unspecified atom stereocenters. The fourth-order valence-corrected chi connectivity index (χ4v) is 3.59. The van der Waals surface area contributed by atoms with Crippen LogP contribution < -0.4 is 5.32 Å². The Kier molecular flexibility index (Phi) is 5.70. The van der Waals surface area contributed by atoms with Crippen molar-refractivity contribution in [3.05, 3.63) is 100 Å². The lowest BCUT2D eigenvalue weighted by Gasteiger charge is -2.09. The van der Waals surface area contributed by atoms with Crippen molar-refractivity contribution in [2.75, 3.05) is 5.32 Å². The Morgan fingerprint density at radius 2 is 1.70 bits per heavy atom. The van der Waals surface area contributed by atoms with Crippen LogP contribution in [0.5, 0.6) is 5.75 Å². The number of carbonyl (C=O) groups is 1. The van der Waals surface area contributed by atoms with Crippen molar-refractivity contribution in [3.8, 4) is 5.75 Å². The highest BCUT2D eigenvalue weighted by Crippen LogP contribution is 2.30. The molecule has 0 aliphatic rings. The first-order valence-electron chi connectivity index (χ1n) is 9.12. The zero-order valence-electron chi connectivity index (χ0n) is 15.6. The first-order valence-corrected chi connectivity index (χ1v) is 9.88. The van der Waals surface area contributed by atoms with Gasteiger partial charge in [0.05, 0.1) is 10.7 Å². The van der Waals surface area contributed by atoms with Gasteiger partial charge in [0.15, 0.2) is 0 Å². The summed E-state index contributed by atoms with van der Waals surface area (Å²) in [5, 5.41) is 15.6. The molecule has 0 bridgehead atoms. The normalized spacial score (nSPS) is 11.1. The van der Waals surface area contributed by atoms with Gasteiger partial charge in [0, 0.05) is 33.4 Å². The number of hydrogen-bond acceptors (Lipinski definition) is 3. The molecular formula is C24H16Cl2N2O2. The van der Waals surface area contributed by atoms with Gasteiger partial charge in [-0.2, -0.15) is 0 Å². The van der Waals surface area contributed by atoms with E-state index in [2.05, 4.69) is 10.3 Å². The molecule has 0 heterocycles. The predicted octanol–water partition coefficient (Wildman–Crippen LogP) is 6.86. The van der Waals surface area contributed by atoms with Gasteiger partial charge in [-0.15, -0.1) is 0 Å². The van der Waals surface area contributed by atoms with Gasteiger partial charge in [-0.25, -0.2) is 0 Å². The number of amides is 1. The highest BCUT2D eigenvalue weighted by Gasteiger charge is 2.09. The van der Waals surface area contributed by atoms with Gasteiger partial charge >= 0.3 is 0 Å². The van der Waals surface area contributed by atoms with Crippen LogP contribution in [0.15, 0.2) is 83.9 Å². The van der Waals surface area contributed by atoms with Gasteiger partial charge in [-0.1, -0.05) is 65.7 Å². The number of nitrogens with one attached hydrogen (secondary N) is 1. The Balaban J connectivity index is 1.58. The minimum atomic E-state index is -0.239. The smallest absolute Gasteiger partial charge is 0.255 e. The van der Waals surface area contributed by atoms with E-state index in [0.29, 0.717) is 21.8 Å². The van der Waals surface area contributed by atoms with E-state index in [1.165, 1.54) is 12.3 Å². The van der Waals surface area contributed by atoms with Crippen LogP contribution in [0.25, 0.3) is 10.8 Å². The number of nitrogens with zero attached hydrogens (tertiary/aromatic N) is 1. The molecule has 0 spiro atoms. The fourth-order valence-electron chi connectivity index (χ4n) is 3.08. The summed E-state index contributed by atoms with van der Waals surface area (Å²) in [5.74, 6) is -0.341. The van der Waals surface area contributed by atoms with Crippen molar-refractivity contribution in [3.63, 3.8) is 0 Å². The molecule has 4 aromatic rings. The maximum Gasteiger partial charge on any atom is 0.255 e. The number of phenols is 1. The quantitative estimate of drug-likeness (QED) is 0.344. The molecule has 0 aromatic heterocycles. The highest BCUT2D eigenvalue weighted by atomic mass is 35.5. The molecule has 148 valence electrons. The van der Waals surface area contributed by atoms with E-state index in [-0.39, 0.29) is 16.7 Å². The second-order valence-electron chi connectivity index (χ2n) is 6.61. The topological polar surface area (TPSA) is 61.7 Å². The molecule has 1 amide bonds. The summed E-state index contributed by atoms with van der Waals surface area (Å²) in [7, 11) is 0. The maximum absolute atomic E-state index is 12.8. The van der Waals surface area contributed by atoms with Gasteiger partial charge < -0.3 is 10.4 Å². The van der Waals surface area contributed by atoms with E-state index in [9.17, 15) is 9.90 Å². The molecule has 4 aromatic carbocycles. The van der Waals surface area contributed by atoms with Crippen molar-refractivity contribution in [1.82, 2.24) is 0 Å². The average Bonchev–Trinajstić information content (AvgIpc) is 2.75. The van der Waals surface area contributed by atoms with Gasteiger partial charge in [-0.3, -0.25) is 9.79 Å². The zero-order valence-corrected chi connectivity index (χ0v) is 17.2. The van der Waals surface area contributed by atoms with E-state index in [0.717, 1.165) is 16.5 Å². The third-order valence-electron chi connectivity index (χ3n) is 4.56. The Morgan fingerprint density at radius 1 is 0.933 bits per heavy atom. The number of phenolic OH excluding ortho intramolecular Hbond substituents is 1. The van der Waals surface area contributed by atoms with Crippen LogP contribution in [0, 0.1) is 0 Å². The van der Waals surface area contributed by atoms with E-state index in [1.807, 2.05) is 42.5 Å². The van der Waals surface area contributed by atoms with Crippen LogP contribution in [0.1, 0.15) is 15.9 Å². The molecule has 0 saturated carbocycles. The number of aromatic hydroxyl groups is 1. The van der Waals surface area contributed by atoms with E-state index >= 15 is 0 Å². The molecule has 4 rings (SSSR count). The van der Waals surface area contributed by atoms with Gasteiger partial charge in [0.2, 0.25) is 0 Å². The molecule has 0 atom stereocenters. The Labute approximate surface area is 183 Å². The molecule has 6 heteroatoms. The predicted molar refractivity (Wildman–Crippen MR) is 124 cm³/mol. The molecule has 0 radical (unpaired) electrons. The summed E-state index contributed by atoms with van der Waals surface area (Å²) in [6.45, 7) is 0. The minimum absolute atomic E-state index is 0.102. The van der Waals surface area contributed by atoms with E-state index in [1.54, 1.807) is 30.3 Å². The third-order valence-corrected chi connectivity index (χ3v) is 5.06. The van der Waals surface area contributed by atoms with E-state index in [4.69, 9.17) is 23.2 Å². The summed E-state index contributed by atoms with van der Waals surface area (Å²) in [6.07, 6.45) is 1.45. The standard InChI is InChI=1S/C24H16Cl2N2O2/c25-18-11-17(23(29)21(26)13-18)14-27-19-8-3-7-16(12-19)24(30)28-22-10-4-6-15-5-1-2-9-20(15)22/h1-14,29H,(H,28,30). The average molecular weight is 435 g/mol. The maximum atomic E-state index is 12.8. The number of anilines is 1. The summed E-state index contributed by atoms with van der Waals surface area (Å²) < 4.78 is 0. The summed E-state index contributed by atoms with van der Waals surface area (Å²) in [6, 6.07) is 23.5. The summed E-state index contributed by atoms with van der Waals surface area (Å²) in [5.41, 5.74) is 2.14. The number of halogens is 2. The van der Waals surface area contributed by atoms with Gasteiger partial charge in [0.1, 0.15) is 5.75 Å².